The summed E-state index contributed by atoms with van der Waals surface area (Å²) in [6, 6.07) is -0.911. The van der Waals surface area contributed by atoms with Crippen LogP contribution < -0.4 is 10.2 Å². The lowest BCUT2D eigenvalue weighted by Gasteiger charge is -2.29. The molecule has 0 aromatic carbocycles. The summed E-state index contributed by atoms with van der Waals surface area (Å²) in [6.45, 7) is 4.53. The first-order valence-electron chi connectivity index (χ1n) is 32.1. The van der Waals surface area contributed by atoms with E-state index in [1.54, 1.807) is 6.08 Å². The monoisotopic (exact) mass is 1090 g/mol. The second kappa shape index (κ2) is 58.1. The van der Waals surface area contributed by atoms with Crippen LogP contribution in [0.15, 0.2) is 97.2 Å². The molecule has 0 aliphatic heterocycles. The van der Waals surface area contributed by atoms with Crippen molar-refractivity contribution in [3.63, 3.8) is 0 Å². The van der Waals surface area contributed by atoms with Crippen molar-refractivity contribution >= 4 is 13.7 Å². The van der Waals surface area contributed by atoms with E-state index >= 15 is 0 Å². The van der Waals surface area contributed by atoms with Crippen molar-refractivity contribution in [2.45, 2.75) is 289 Å². The zero-order valence-corrected chi connectivity index (χ0v) is 51.8. The van der Waals surface area contributed by atoms with Gasteiger partial charge in [-0.25, -0.2) is 0 Å². The molecular formula is C68H123N2O6P. The molecule has 2 N–H and O–H groups in total. The van der Waals surface area contributed by atoms with E-state index < -0.39 is 26.6 Å². The first-order chi connectivity index (χ1) is 37.5. The molecule has 0 fully saturated rings. The first-order valence-corrected chi connectivity index (χ1v) is 33.6. The number of hydrogen-bond acceptors (Lipinski definition) is 6. The third kappa shape index (κ3) is 60.9. The maximum atomic E-state index is 13.0. The standard InChI is InChI=1S/C68H123N2O6P/c1-6-8-10-12-14-16-18-20-22-24-26-28-30-32-33-34-35-36-37-38-40-42-44-46-48-50-52-54-56-58-60-62-68(72)69-66(65-76-77(73,74)75-64-63-70(3,4)5)67(71)61-59-57-55-53-51-49-47-45-43-41-39-31-29-27-25-23-21-19-17-15-13-11-9-7-2/h8,10,14,16,20,22,26,28,32-33,35-36,51,53,59,61,66-67,71H,6-7,9,11-13,15,17-19,21,23-25,27,29-31,34,37-50,52,54-58,60,62-65H2,1-5H3,(H-,69,72,73,74)/b10-8-,16-14-,22-20-,28-26-,33-32-,36-35-,53-51+,61-59+. The summed E-state index contributed by atoms with van der Waals surface area (Å²) in [5.74, 6) is -0.211. The second-order valence-electron chi connectivity index (χ2n) is 22.7. The zero-order valence-electron chi connectivity index (χ0n) is 50.9. The van der Waals surface area contributed by atoms with Crippen LogP contribution in [0, 0.1) is 0 Å². The van der Waals surface area contributed by atoms with Crippen molar-refractivity contribution < 1.29 is 32.9 Å². The minimum Gasteiger partial charge on any atom is -0.756 e. The number of aliphatic hydroxyl groups excluding tert-OH is 1. The molecule has 9 heteroatoms. The predicted octanol–water partition coefficient (Wildman–Crippen LogP) is 19.5. The summed E-state index contributed by atoms with van der Waals surface area (Å²) < 4.78 is 23.4. The van der Waals surface area contributed by atoms with E-state index in [0.29, 0.717) is 17.4 Å². The lowest BCUT2D eigenvalue weighted by molar-refractivity contribution is -0.870. The molecule has 0 aromatic heterocycles. The van der Waals surface area contributed by atoms with Gasteiger partial charge in [-0.05, 0) is 83.5 Å². The maximum Gasteiger partial charge on any atom is 0.268 e. The highest BCUT2D eigenvalue weighted by atomic mass is 31.2. The van der Waals surface area contributed by atoms with E-state index in [4.69, 9.17) is 9.05 Å². The van der Waals surface area contributed by atoms with E-state index in [-0.39, 0.29) is 12.5 Å². The Kier molecular flexibility index (Phi) is 56.1. The zero-order chi connectivity index (χ0) is 56.3. The van der Waals surface area contributed by atoms with Crippen molar-refractivity contribution in [1.29, 1.82) is 0 Å². The Morgan fingerprint density at radius 3 is 1.21 bits per heavy atom. The number of allylic oxidation sites excluding steroid dienone is 15. The molecule has 0 bridgehead atoms. The van der Waals surface area contributed by atoms with Crippen LogP contribution in [0.1, 0.15) is 277 Å². The summed E-state index contributed by atoms with van der Waals surface area (Å²) in [6.07, 6.45) is 83.6. The Labute approximate surface area is 477 Å². The average molecular weight is 1100 g/mol. The van der Waals surface area contributed by atoms with E-state index in [0.717, 1.165) is 77.0 Å². The fraction of sp³-hybridized carbons (Fsp3) is 0.750. The molecule has 0 saturated carbocycles. The molecule has 0 radical (unpaired) electrons. The number of nitrogens with one attached hydrogen (secondary N) is 1. The number of carbonyl (C=O) groups is 1. The SMILES string of the molecule is CC/C=C\C/C=C\C/C=C\C/C=C\C/C=C\C/C=C\CCCCCCCCCCCCCCC(=O)NC(COP(=O)([O-])OCC[N+](C)(C)C)C(O)/C=C/CC/C=C/CCCCCCCCCCCCCCCCCCCC. The molecule has 0 aliphatic carbocycles. The summed E-state index contributed by atoms with van der Waals surface area (Å²) in [4.78, 5) is 25.6. The fourth-order valence-corrected chi connectivity index (χ4v) is 9.78. The highest BCUT2D eigenvalue weighted by Crippen LogP contribution is 2.38. The lowest BCUT2D eigenvalue weighted by Crippen LogP contribution is -2.45. The normalized spacial score (nSPS) is 14.4. The van der Waals surface area contributed by atoms with Crippen molar-refractivity contribution in [2.24, 2.45) is 0 Å². The molecule has 446 valence electrons. The van der Waals surface area contributed by atoms with E-state index in [2.05, 4.69) is 104 Å². The Hall–Kier alpha value is -2.58. The van der Waals surface area contributed by atoms with Gasteiger partial charge >= 0.3 is 0 Å². The lowest BCUT2D eigenvalue weighted by atomic mass is 10.0. The van der Waals surface area contributed by atoms with Gasteiger partial charge < -0.3 is 28.8 Å². The molecule has 0 saturated heterocycles. The predicted molar refractivity (Wildman–Crippen MR) is 334 cm³/mol. The Bertz CT molecular complexity index is 1570. The van der Waals surface area contributed by atoms with E-state index in [1.807, 2.05) is 27.2 Å². The van der Waals surface area contributed by atoms with Crippen LogP contribution in [0.25, 0.3) is 0 Å². The van der Waals surface area contributed by atoms with Gasteiger partial charge in [0.2, 0.25) is 5.91 Å². The summed E-state index contributed by atoms with van der Waals surface area (Å²) >= 11 is 0. The number of unbranched alkanes of at least 4 members (excludes halogenated alkanes) is 31. The first kappa shape index (κ1) is 74.4. The topological polar surface area (TPSA) is 108 Å². The quantitative estimate of drug-likeness (QED) is 0.0272. The van der Waals surface area contributed by atoms with Crippen molar-refractivity contribution in [1.82, 2.24) is 5.32 Å². The van der Waals surface area contributed by atoms with Gasteiger partial charge in [0, 0.05) is 6.42 Å². The van der Waals surface area contributed by atoms with Gasteiger partial charge in [0.25, 0.3) is 7.82 Å². The summed E-state index contributed by atoms with van der Waals surface area (Å²) in [5.41, 5.74) is 0. The van der Waals surface area contributed by atoms with Crippen LogP contribution in [0.5, 0.6) is 0 Å². The molecular weight excluding hydrogens is 972 g/mol. The number of phosphoric acid groups is 1. The molecule has 3 unspecified atom stereocenters. The molecule has 0 heterocycles. The summed E-state index contributed by atoms with van der Waals surface area (Å²) in [7, 11) is 1.24. The second-order valence-corrected chi connectivity index (χ2v) is 24.1. The molecule has 1 amide bonds. The minimum absolute atomic E-state index is 0.0103. The number of nitrogens with zero attached hydrogens (tertiary/aromatic N) is 1. The van der Waals surface area contributed by atoms with Crippen LogP contribution in [0.2, 0.25) is 0 Å². The van der Waals surface area contributed by atoms with Gasteiger partial charge in [0.15, 0.2) is 0 Å². The van der Waals surface area contributed by atoms with Crippen LogP contribution in [-0.2, 0) is 18.4 Å². The minimum atomic E-state index is -4.62. The van der Waals surface area contributed by atoms with Crippen molar-refractivity contribution in [2.75, 3.05) is 40.9 Å². The number of likely N-dealkylation sites (N-methyl/N-ethyl adjacent to an activating group) is 1. The molecule has 3 atom stereocenters. The van der Waals surface area contributed by atoms with Gasteiger partial charge in [-0.15, -0.1) is 0 Å². The fourth-order valence-electron chi connectivity index (χ4n) is 9.06. The Morgan fingerprint density at radius 1 is 0.468 bits per heavy atom. The smallest absolute Gasteiger partial charge is 0.268 e. The molecule has 0 spiro atoms. The van der Waals surface area contributed by atoms with Crippen LogP contribution >= 0.6 is 7.82 Å². The molecule has 0 aromatic rings. The van der Waals surface area contributed by atoms with Gasteiger partial charge in [-0.3, -0.25) is 9.36 Å². The maximum absolute atomic E-state index is 13.0. The number of aliphatic hydroxyl groups is 1. The number of rotatable bonds is 58. The number of amides is 1. The molecule has 0 aliphatic rings. The largest absolute Gasteiger partial charge is 0.756 e. The number of quaternary nitrogens is 1. The average Bonchev–Trinajstić information content (AvgIpc) is 3.39. The van der Waals surface area contributed by atoms with Gasteiger partial charge in [-0.2, -0.15) is 0 Å². The van der Waals surface area contributed by atoms with Crippen LogP contribution in [0.4, 0.5) is 0 Å². The van der Waals surface area contributed by atoms with Gasteiger partial charge in [0.1, 0.15) is 13.2 Å². The van der Waals surface area contributed by atoms with Crippen LogP contribution in [-0.4, -0.2) is 68.5 Å². The molecule has 0 rings (SSSR count). The number of carbonyl (C=O) groups excluding carboxylic acids is 1. The third-order valence-electron chi connectivity index (χ3n) is 14.0. The Morgan fingerprint density at radius 2 is 0.805 bits per heavy atom. The summed E-state index contributed by atoms with van der Waals surface area (Å²) in [5, 5.41) is 13.9. The highest BCUT2D eigenvalue weighted by Gasteiger charge is 2.23. The van der Waals surface area contributed by atoms with E-state index in [1.165, 1.54) is 180 Å². The highest BCUT2D eigenvalue weighted by molar-refractivity contribution is 7.45. The van der Waals surface area contributed by atoms with Crippen molar-refractivity contribution in [3.05, 3.63) is 97.2 Å². The Balaban J connectivity index is 4.19. The van der Waals surface area contributed by atoms with Gasteiger partial charge in [-0.1, -0.05) is 284 Å². The van der Waals surface area contributed by atoms with Gasteiger partial charge in [0.05, 0.1) is 39.9 Å². The third-order valence-corrected chi connectivity index (χ3v) is 15.0. The van der Waals surface area contributed by atoms with E-state index in [9.17, 15) is 19.4 Å². The number of phosphoric ester groups is 1. The number of hydrogen-bond donors (Lipinski definition) is 2. The molecule has 8 nitrogen and oxygen atoms in total. The van der Waals surface area contributed by atoms with Crippen molar-refractivity contribution in [3.8, 4) is 0 Å². The van der Waals surface area contributed by atoms with Crippen LogP contribution in [0.3, 0.4) is 0 Å². The molecule has 77 heavy (non-hydrogen) atoms.